The monoisotopic (exact) mass is 311 g/mol. The molecule has 2 rings (SSSR count). The summed E-state index contributed by atoms with van der Waals surface area (Å²) in [7, 11) is 0. The van der Waals surface area contributed by atoms with Crippen molar-refractivity contribution in [2.45, 2.75) is 58.6 Å². The Kier molecular flexibility index (Phi) is 4.70. The molecule has 2 saturated heterocycles. The molecule has 0 aromatic heterocycles. The molecular formula is C16H29N3O3. The molecule has 22 heavy (non-hydrogen) atoms. The van der Waals surface area contributed by atoms with Gasteiger partial charge in [-0.05, 0) is 52.4 Å². The van der Waals surface area contributed by atoms with Crippen LogP contribution in [0.15, 0.2) is 0 Å². The number of rotatable bonds is 1. The number of piperidine rings is 1. The van der Waals surface area contributed by atoms with Gasteiger partial charge in [-0.3, -0.25) is 4.79 Å². The van der Waals surface area contributed by atoms with Crippen LogP contribution in [0, 0.1) is 5.41 Å². The quantitative estimate of drug-likeness (QED) is 0.798. The first-order chi connectivity index (χ1) is 10.1. The molecule has 2 aliphatic heterocycles. The number of likely N-dealkylation sites (tertiary alicyclic amines) is 2. The average Bonchev–Trinajstić information content (AvgIpc) is 2.81. The number of carbonyl (C=O) groups excluding carboxylic acids is 2. The average molecular weight is 311 g/mol. The number of amides is 2. The minimum atomic E-state index is -0.458. The van der Waals surface area contributed by atoms with E-state index < -0.39 is 11.6 Å². The van der Waals surface area contributed by atoms with Crippen LogP contribution < -0.4 is 5.73 Å². The highest BCUT2D eigenvalue weighted by atomic mass is 16.6. The molecule has 0 unspecified atom stereocenters. The third kappa shape index (κ3) is 3.91. The summed E-state index contributed by atoms with van der Waals surface area (Å²) < 4.78 is 5.45. The fourth-order valence-corrected chi connectivity index (χ4v) is 3.31. The van der Waals surface area contributed by atoms with Gasteiger partial charge in [0, 0.05) is 26.2 Å². The summed E-state index contributed by atoms with van der Waals surface area (Å²) >= 11 is 0. The topological polar surface area (TPSA) is 75.9 Å². The molecule has 6 nitrogen and oxygen atoms in total. The SMILES string of the molecule is C[C@@H](N)C(=O)N1CCC2(CCN(C(=O)OC(C)(C)C)C2)CC1. The third-order valence-corrected chi connectivity index (χ3v) is 4.62. The van der Waals surface area contributed by atoms with E-state index in [9.17, 15) is 9.59 Å². The van der Waals surface area contributed by atoms with Crippen LogP contribution >= 0.6 is 0 Å². The molecule has 0 bridgehead atoms. The highest BCUT2D eigenvalue weighted by Gasteiger charge is 2.43. The number of ether oxygens (including phenoxy) is 1. The lowest BCUT2D eigenvalue weighted by molar-refractivity contribution is -0.134. The van der Waals surface area contributed by atoms with Crippen molar-refractivity contribution in [1.82, 2.24) is 9.80 Å². The van der Waals surface area contributed by atoms with Gasteiger partial charge in [-0.15, -0.1) is 0 Å². The zero-order valence-corrected chi connectivity index (χ0v) is 14.2. The Labute approximate surface area is 132 Å². The lowest BCUT2D eigenvalue weighted by Crippen LogP contribution is -2.49. The van der Waals surface area contributed by atoms with E-state index in [1.54, 1.807) is 6.92 Å². The first-order valence-electron chi connectivity index (χ1n) is 8.14. The zero-order chi connectivity index (χ0) is 16.5. The molecule has 2 aliphatic rings. The predicted octanol–water partition coefficient (Wildman–Crippen LogP) is 1.58. The van der Waals surface area contributed by atoms with E-state index in [-0.39, 0.29) is 17.4 Å². The van der Waals surface area contributed by atoms with Crippen molar-refractivity contribution in [3.8, 4) is 0 Å². The maximum absolute atomic E-state index is 12.2. The van der Waals surface area contributed by atoms with Crippen LogP contribution in [0.3, 0.4) is 0 Å². The van der Waals surface area contributed by atoms with Gasteiger partial charge in [0.05, 0.1) is 6.04 Å². The molecular weight excluding hydrogens is 282 g/mol. The maximum Gasteiger partial charge on any atom is 0.410 e. The van der Waals surface area contributed by atoms with Gasteiger partial charge >= 0.3 is 6.09 Å². The fraction of sp³-hybridized carbons (Fsp3) is 0.875. The summed E-state index contributed by atoms with van der Waals surface area (Å²) in [5.74, 6) is 0.0249. The van der Waals surface area contributed by atoms with Crippen molar-refractivity contribution < 1.29 is 14.3 Å². The van der Waals surface area contributed by atoms with Crippen molar-refractivity contribution in [1.29, 1.82) is 0 Å². The molecule has 0 radical (unpaired) electrons. The summed E-state index contributed by atoms with van der Waals surface area (Å²) in [6.07, 6.45) is 2.64. The Morgan fingerprint density at radius 3 is 2.05 bits per heavy atom. The Morgan fingerprint density at radius 2 is 1.59 bits per heavy atom. The highest BCUT2D eigenvalue weighted by molar-refractivity contribution is 5.81. The number of hydrogen-bond donors (Lipinski definition) is 1. The summed E-state index contributed by atoms with van der Waals surface area (Å²) in [6, 6.07) is -0.434. The number of carbonyl (C=O) groups is 2. The van der Waals surface area contributed by atoms with Crippen LogP contribution in [0.4, 0.5) is 4.79 Å². The van der Waals surface area contributed by atoms with Crippen LogP contribution in [0.1, 0.15) is 47.0 Å². The van der Waals surface area contributed by atoms with Gasteiger partial charge in [-0.25, -0.2) is 4.79 Å². The molecule has 0 aliphatic carbocycles. The van der Waals surface area contributed by atoms with Gasteiger partial charge in [0.1, 0.15) is 5.60 Å². The Morgan fingerprint density at radius 1 is 1.09 bits per heavy atom. The molecule has 0 saturated carbocycles. The normalized spacial score (nSPS) is 22.8. The first kappa shape index (κ1) is 17.1. The van der Waals surface area contributed by atoms with Crippen molar-refractivity contribution in [2.24, 2.45) is 11.1 Å². The molecule has 2 heterocycles. The van der Waals surface area contributed by atoms with Gasteiger partial charge < -0.3 is 20.3 Å². The fourth-order valence-electron chi connectivity index (χ4n) is 3.31. The van der Waals surface area contributed by atoms with Crippen LogP contribution in [0.2, 0.25) is 0 Å². The molecule has 6 heteroatoms. The summed E-state index contributed by atoms with van der Waals surface area (Å²) in [4.78, 5) is 27.8. The molecule has 2 fully saturated rings. The van der Waals surface area contributed by atoms with E-state index in [2.05, 4.69) is 0 Å². The van der Waals surface area contributed by atoms with Gasteiger partial charge in [-0.2, -0.15) is 0 Å². The lowest BCUT2D eigenvalue weighted by atomic mass is 9.77. The molecule has 0 aromatic rings. The molecule has 1 spiro atoms. The summed E-state index contributed by atoms with van der Waals surface area (Å²) in [6.45, 7) is 10.3. The molecule has 0 aromatic carbocycles. The Hall–Kier alpha value is -1.30. The van der Waals surface area contributed by atoms with E-state index in [0.717, 1.165) is 45.4 Å². The van der Waals surface area contributed by atoms with Crippen molar-refractivity contribution in [3.05, 3.63) is 0 Å². The van der Waals surface area contributed by atoms with Crippen LogP contribution in [0.5, 0.6) is 0 Å². The minimum absolute atomic E-state index is 0.0249. The van der Waals surface area contributed by atoms with Crippen molar-refractivity contribution in [3.63, 3.8) is 0 Å². The summed E-state index contributed by atoms with van der Waals surface area (Å²) in [5.41, 5.74) is 5.36. The van der Waals surface area contributed by atoms with Gasteiger partial charge in [0.15, 0.2) is 0 Å². The number of nitrogens with two attached hydrogens (primary N) is 1. The standard InChI is InChI=1S/C16H29N3O3/c1-12(17)13(20)18-8-5-16(6-9-18)7-10-19(11-16)14(21)22-15(2,3)4/h12H,5-11,17H2,1-4H3/t12-/m1/s1. The third-order valence-electron chi connectivity index (χ3n) is 4.62. The first-order valence-corrected chi connectivity index (χ1v) is 8.14. The van der Waals surface area contributed by atoms with E-state index >= 15 is 0 Å². The van der Waals surface area contributed by atoms with Crippen LogP contribution in [-0.4, -0.2) is 59.6 Å². The maximum atomic E-state index is 12.2. The smallest absolute Gasteiger partial charge is 0.410 e. The van der Waals surface area contributed by atoms with Gasteiger partial charge in [-0.1, -0.05) is 0 Å². The van der Waals surface area contributed by atoms with Crippen LogP contribution in [-0.2, 0) is 9.53 Å². The van der Waals surface area contributed by atoms with Crippen LogP contribution in [0.25, 0.3) is 0 Å². The van der Waals surface area contributed by atoms with E-state index in [4.69, 9.17) is 10.5 Å². The largest absolute Gasteiger partial charge is 0.444 e. The lowest BCUT2D eigenvalue weighted by Gasteiger charge is -2.39. The second-order valence-corrected chi connectivity index (χ2v) is 7.77. The number of nitrogens with zero attached hydrogens (tertiary/aromatic N) is 2. The predicted molar refractivity (Wildman–Crippen MR) is 84.3 cm³/mol. The van der Waals surface area contributed by atoms with Gasteiger partial charge in [0.25, 0.3) is 0 Å². The molecule has 126 valence electrons. The van der Waals surface area contributed by atoms with E-state index in [1.807, 2.05) is 30.6 Å². The summed E-state index contributed by atoms with van der Waals surface area (Å²) in [5, 5.41) is 0. The van der Waals surface area contributed by atoms with Gasteiger partial charge in [0.2, 0.25) is 5.91 Å². The second-order valence-electron chi connectivity index (χ2n) is 7.77. The van der Waals surface area contributed by atoms with Crippen molar-refractivity contribution >= 4 is 12.0 Å². The molecule has 2 N–H and O–H groups in total. The Bertz CT molecular complexity index is 434. The van der Waals surface area contributed by atoms with E-state index in [0.29, 0.717) is 0 Å². The number of hydrogen-bond acceptors (Lipinski definition) is 4. The molecule has 1 atom stereocenters. The van der Waals surface area contributed by atoms with Crippen molar-refractivity contribution in [2.75, 3.05) is 26.2 Å². The van der Waals surface area contributed by atoms with E-state index in [1.165, 1.54) is 0 Å². The Balaban J connectivity index is 1.88. The zero-order valence-electron chi connectivity index (χ0n) is 14.2. The molecule has 2 amide bonds. The highest BCUT2D eigenvalue weighted by Crippen LogP contribution is 2.40. The minimum Gasteiger partial charge on any atom is -0.444 e. The second kappa shape index (κ2) is 6.07.